The lowest BCUT2D eigenvalue weighted by atomic mass is 9.96. The first kappa shape index (κ1) is 21.3. The second-order valence-corrected chi connectivity index (χ2v) is 8.34. The van der Waals surface area contributed by atoms with Crippen LogP contribution in [0.3, 0.4) is 0 Å². The normalized spacial score (nSPS) is 17.6. The first-order chi connectivity index (χ1) is 13.9. The monoisotopic (exact) mass is 395 g/mol. The van der Waals surface area contributed by atoms with Gasteiger partial charge in [0.2, 0.25) is 5.91 Å². The highest BCUT2D eigenvalue weighted by molar-refractivity contribution is 6.01. The Morgan fingerprint density at radius 1 is 1.07 bits per heavy atom. The fourth-order valence-corrected chi connectivity index (χ4v) is 3.90. The lowest BCUT2D eigenvalue weighted by Crippen LogP contribution is -2.48. The quantitative estimate of drug-likeness (QED) is 0.740. The number of allylic oxidation sites excluding steroid dienone is 3. The smallest absolute Gasteiger partial charge is 0.254 e. The Morgan fingerprint density at radius 3 is 2.55 bits per heavy atom. The van der Waals surface area contributed by atoms with Crippen LogP contribution in [0.15, 0.2) is 41.5 Å². The van der Waals surface area contributed by atoms with Crippen LogP contribution in [0.2, 0.25) is 0 Å². The van der Waals surface area contributed by atoms with E-state index in [2.05, 4.69) is 43.1 Å². The fourth-order valence-electron chi connectivity index (χ4n) is 3.90. The molecule has 2 amide bonds. The van der Waals surface area contributed by atoms with Gasteiger partial charge in [-0.2, -0.15) is 0 Å². The van der Waals surface area contributed by atoms with E-state index in [-0.39, 0.29) is 11.8 Å². The summed E-state index contributed by atoms with van der Waals surface area (Å²) < 4.78 is 0. The van der Waals surface area contributed by atoms with Crippen LogP contribution >= 0.6 is 0 Å². The molecule has 1 N–H and O–H groups in total. The molecule has 5 nitrogen and oxygen atoms in total. The van der Waals surface area contributed by atoms with Gasteiger partial charge in [-0.3, -0.25) is 14.5 Å². The van der Waals surface area contributed by atoms with Crippen molar-refractivity contribution in [2.45, 2.75) is 46.5 Å². The molecule has 2 aliphatic heterocycles. The second kappa shape index (κ2) is 9.88. The zero-order chi connectivity index (χ0) is 20.8. The maximum atomic E-state index is 13.1. The summed E-state index contributed by atoms with van der Waals surface area (Å²) in [7, 11) is 0. The summed E-state index contributed by atoms with van der Waals surface area (Å²) in [5.41, 5.74) is 5.32. The van der Waals surface area contributed by atoms with Gasteiger partial charge >= 0.3 is 0 Å². The van der Waals surface area contributed by atoms with E-state index in [0.717, 1.165) is 62.4 Å². The molecule has 0 saturated carbocycles. The summed E-state index contributed by atoms with van der Waals surface area (Å²) in [6.45, 7) is 10.7. The molecule has 0 unspecified atom stereocenters. The average molecular weight is 396 g/mol. The van der Waals surface area contributed by atoms with E-state index in [4.69, 9.17) is 0 Å². The van der Waals surface area contributed by atoms with E-state index in [1.54, 1.807) is 0 Å². The molecule has 29 heavy (non-hydrogen) atoms. The first-order valence-electron chi connectivity index (χ1n) is 10.7. The number of nitrogens with one attached hydrogen (secondary N) is 1. The molecule has 0 bridgehead atoms. The van der Waals surface area contributed by atoms with E-state index in [0.29, 0.717) is 12.8 Å². The molecule has 1 aromatic rings. The molecule has 3 rings (SSSR count). The number of fused-ring (bicyclic) bond motifs is 1. The highest BCUT2D eigenvalue weighted by atomic mass is 16.2. The molecule has 0 aromatic heterocycles. The van der Waals surface area contributed by atoms with Gasteiger partial charge in [-0.25, -0.2) is 0 Å². The van der Waals surface area contributed by atoms with Crippen molar-refractivity contribution in [1.82, 2.24) is 9.80 Å². The molecular formula is C24H33N3O2. The average Bonchev–Trinajstić information content (AvgIpc) is 2.71. The maximum absolute atomic E-state index is 13.1. The Bertz CT molecular complexity index is 813. The minimum absolute atomic E-state index is 0.0277. The largest absolute Gasteiger partial charge is 0.336 e. The summed E-state index contributed by atoms with van der Waals surface area (Å²) in [6.07, 6.45) is 7.92. The van der Waals surface area contributed by atoms with Crippen molar-refractivity contribution in [3.05, 3.63) is 52.6 Å². The third kappa shape index (κ3) is 5.80. The van der Waals surface area contributed by atoms with Crippen molar-refractivity contribution in [1.29, 1.82) is 0 Å². The highest BCUT2D eigenvalue weighted by Gasteiger charge is 2.26. The number of benzene rings is 1. The van der Waals surface area contributed by atoms with Crippen molar-refractivity contribution >= 4 is 17.5 Å². The molecular weight excluding hydrogens is 362 g/mol. The highest BCUT2D eigenvalue weighted by Crippen LogP contribution is 2.27. The van der Waals surface area contributed by atoms with Crippen LogP contribution in [0, 0.1) is 0 Å². The Morgan fingerprint density at radius 2 is 1.83 bits per heavy atom. The van der Waals surface area contributed by atoms with Gasteiger partial charge < -0.3 is 10.2 Å². The van der Waals surface area contributed by atoms with Crippen LogP contribution in [0.5, 0.6) is 0 Å². The van der Waals surface area contributed by atoms with Gasteiger partial charge in [0.1, 0.15) is 0 Å². The predicted molar refractivity (Wildman–Crippen MR) is 118 cm³/mol. The maximum Gasteiger partial charge on any atom is 0.254 e. The van der Waals surface area contributed by atoms with Crippen LogP contribution in [-0.2, 0) is 11.2 Å². The molecule has 2 aliphatic rings. The number of hydrogen-bond donors (Lipinski definition) is 1. The van der Waals surface area contributed by atoms with E-state index in [9.17, 15) is 9.59 Å². The van der Waals surface area contributed by atoms with Crippen molar-refractivity contribution in [2.24, 2.45) is 0 Å². The van der Waals surface area contributed by atoms with Gasteiger partial charge in [0.15, 0.2) is 0 Å². The number of rotatable bonds is 6. The summed E-state index contributed by atoms with van der Waals surface area (Å²) in [5, 5.41) is 2.89. The third-order valence-corrected chi connectivity index (χ3v) is 5.73. The van der Waals surface area contributed by atoms with E-state index < -0.39 is 0 Å². The van der Waals surface area contributed by atoms with Gasteiger partial charge in [-0.05, 0) is 57.7 Å². The molecule has 0 atom stereocenters. The number of carbonyl (C=O) groups is 2. The van der Waals surface area contributed by atoms with E-state index in [1.807, 2.05) is 23.1 Å². The van der Waals surface area contributed by atoms with Crippen LogP contribution in [0.1, 0.15) is 56.0 Å². The van der Waals surface area contributed by atoms with E-state index >= 15 is 0 Å². The SMILES string of the molecule is CC(C)=CCCC(C)=CCN1CCN(C(=O)c2cccc3c2CCC(=O)N3)CC1. The van der Waals surface area contributed by atoms with Crippen molar-refractivity contribution in [3.8, 4) is 0 Å². The van der Waals surface area contributed by atoms with Gasteiger partial charge in [0, 0.05) is 50.4 Å². The predicted octanol–water partition coefficient (Wildman–Crippen LogP) is 4.02. The van der Waals surface area contributed by atoms with E-state index in [1.165, 1.54) is 11.1 Å². The Balaban J connectivity index is 1.52. The first-order valence-corrected chi connectivity index (χ1v) is 10.7. The summed E-state index contributed by atoms with van der Waals surface area (Å²) in [5.74, 6) is 0.117. The molecule has 5 heteroatoms. The number of carbonyl (C=O) groups excluding carboxylic acids is 2. The standard InChI is InChI=1S/C24H33N3O2/c1-18(2)6-4-7-19(3)12-13-26-14-16-27(17-15-26)24(29)21-8-5-9-22-20(21)10-11-23(28)25-22/h5-6,8-9,12H,4,7,10-11,13-17H2,1-3H3,(H,25,28). The minimum atomic E-state index is 0.0277. The summed E-state index contributed by atoms with van der Waals surface area (Å²) >= 11 is 0. The number of piperazine rings is 1. The van der Waals surface area contributed by atoms with Crippen LogP contribution in [0.25, 0.3) is 0 Å². The lowest BCUT2D eigenvalue weighted by Gasteiger charge is -2.35. The van der Waals surface area contributed by atoms with Crippen LogP contribution in [0.4, 0.5) is 5.69 Å². The van der Waals surface area contributed by atoms with Gasteiger partial charge in [0.25, 0.3) is 5.91 Å². The molecule has 1 fully saturated rings. The van der Waals surface area contributed by atoms with Crippen LogP contribution in [-0.4, -0.2) is 54.3 Å². The van der Waals surface area contributed by atoms with Crippen molar-refractivity contribution < 1.29 is 9.59 Å². The molecule has 0 aliphatic carbocycles. The summed E-state index contributed by atoms with van der Waals surface area (Å²) in [6, 6.07) is 5.63. The lowest BCUT2D eigenvalue weighted by molar-refractivity contribution is -0.116. The number of amides is 2. The molecule has 156 valence electrons. The molecule has 1 saturated heterocycles. The molecule has 0 spiro atoms. The third-order valence-electron chi connectivity index (χ3n) is 5.73. The van der Waals surface area contributed by atoms with Gasteiger partial charge in [0.05, 0.1) is 0 Å². The summed E-state index contributed by atoms with van der Waals surface area (Å²) in [4.78, 5) is 29.1. The van der Waals surface area contributed by atoms with Gasteiger partial charge in [-0.15, -0.1) is 0 Å². The van der Waals surface area contributed by atoms with Crippen molar-refractivity contribution in [2.75, 3.05) is 38.0 Å². The minimum Gasteiger partial charge on any atom is -0.336 e. The fraction of sp³-hybridized carbons (Fsp3) is 0.500. The zero-order valence-electron chi connectivity index (χ0n) is 18.0. The Hall–Kier alpha value is -2.40. The van der Waals surface area contributed by atoms with Gasteiger partial charge in [-0.1, -0.05) is 29.4 Å². The van der Waals surface area contributed by atoms with Crippen LogP contribution < -0.4 is 5.32 Å². The van der Waals surface area contributed by atoms with Crippen molar-refractivity contribution in [3.63, 3.8) is 0 Å². The second-order valence-electron chi connectivity index (χ2n) is 8.34. The molecule has 1 aromatic carbocycles. The molecule has 0 radical (unpaired) electrons. The number of anilines is 1. The molecule has 2 heterocycles. The Labute approximate surface area is 174 Å². The Kier molecular flexibility index (Phi) is 7.26. The number of hydrogen-bond acceptors (Lipinski definition) is 3. The zero-order valence-corrected chi connectivity index (χ0v) is 18.0. The topological polar surface area (TPSA) is 52.7 Å². The number of nitrogens with zero attached hydrogens (tertiary/aromatic N) is 2.